The minimum atomic E-state index is -0.974. The molecular formula is C24H35N7O3. The van der Waals surface area contributed by atoms with Crippen LogP contribution in [0.4, 0.5) is 10.6 Å². The molecule has 10 nitrogen and oxygen atoms in total. The van der Waals surface area contributed by atoms with Crippen molar-refractivity contribution in [1.82, 2.24) is 25.1 Å². The Hall–Kier alpha value is -2.64. The van der Waals surface area contributed by atoms with Crippen molar-refractivity contribution in [2.24, 2.45) is 5.41 Å². The van der Waals surface area contributed by atoms with Crippen LogP contribution in [0.2, 0.25) is 0 Å². The van der Waals surface area contributed by atoms with Crippen LogP contribution in [0.3, 0.4) is 0 Å². The second-order valence-corrected chi connectivity index (χ2v) is 10.4. The van der Waals surface area contributed by atoms with E-state index in [0.717, 1.165) is 36.6 Å². The molecule has 0 radical (unpaired) electrons. The van der Waals surface area contributed by atoms with Crippen LogP contribution in [-0.4, -0.2) is 88.9 Å². The van der Waals surface area contributed by atoms with Crippen molar-refractivity contribution in [3.63, 3.8) is 0 Å². The standard InChI is InChI=1S/C24H35N7O3/c1-17-13-30(14-18(4-8-25)31(17)23(32)33)21-19-5-9-26-12-20(19)27-22(28-21)34-16-24(6-7-24)15-29-10-2-3-11-29/h17-18,26H,2-7,9-16H2,1H3,(H,32,33)/t17-,18+/m1/s1. The number of nitrogens with one attached hydrogen (secondary N) is 1. The molecule has 0 unspecified atom stereocenters. The van der Waals surface area contributed by atoms with E-state index in [1.54, 1.807) is 0 Å². The molecule has 0 bridgehead atoms. The van der Waals surface area contributed by atoms with Gasteiger partial charge in [-0.25, -0.2) is 4.79 Å². The minimum absolute atomic E-state index is 0.157. The molecule has 2 N–H and O–H groups in total. The van der Waals surface area contributed by atoms with Gasteiger partial charge in [0.2, 0.25) is 0 Å². The molecule has 4 heterocycles. The van der Waals surface area contributed by atoms with Crippen LogP contribution in [0, 0.1) is 16.7 Å². The zero-order chi connectivity index (χ0) is 23.7. The number of aromatic nitrogens is 2. The number of fused-ring (bicyclic) bond motifs is 1. The molecule has 1 aromatic rings. The average molecular weight is 470 g/mol. The molecule has 1 amide bonds. The third-order valence-electron chi connectivity index (χ3n) is 7.75. The Labute approximate surface area is 200 Å². The zero-order valence-corrected chi connectivity index (χ0v) is 20.0. The van der Waals surface area contributed by atoms with Crippen molar-refractivity contribution in [2.75, 3.05) is 50.8 Å². The highest BCUT2D eigenvalue weighted by Gasteiger charge is 2.45. The van der Waals surface area contributed by atoms with Gasteiger partial charge < -0.3 is 25.0 Å². The van der Waals surface area contributed by atoms with Crippen LogP contribution in [0.25, 0.3) is 0 Å². The summed E-state index contributed by atoms with van der Waals surface area (Å²) in [7, 11) is 0. The number of anilines is 1. The first-order chi connectivity index (χ1) is 16.5. The van der Waals surface area contributed by atoms with Gasteiger partial charge in [-0.3, -0.25) is 4.90 Å². The fraction of sp³-hybridized carbons (Fsp3) is 0.750. The van der Waals surface area contributed by atoms with Gasteiger partial charge in [0.15, 0.2) is 0 Å². The Morgan fingerprint density at radius 1 is 1.29 bits per heavy atom. The van der Waals surface area contributed by atoms with Gasteiger partial charge in [0, 0.05) is 37.2 Å². The van der Waals surface area contributed by atoms with Gasteiger partial charge in [0.25, 0.3) is 0 Å². The van der Waals surface area contributed by atoms with E-state index in [-0.39, 0.29) is 17.9 Å². The van der Waals surface area contributed by atoms with Crippen LogP contribution < -0.4 is 15.0 Å². The number of rotatable bonds is 7. The number of nitriles is 1. The van der Waals surface area contributed by atoms with E-state index in [4.69, 9.17) is 14.7 Å². The molecule has 1 aromatic heterocycles. The van der Waals surface area contributed by atoms with Gasteiger partial charge in [-0.15, -0.1) is 0 Å². The van der Waals surface area contributed by atoms with Crippen LogP contribution >= 0.6 is 0 Å². The van der Waals surface area contributed by atoms with Crippen molar-refractivity contribution in [3.8, 4) is 12.1 Å². The second kappa shape index (κ2) is 9.55. The maximum absolute atomic E-state index is 11.8. The van der Waals surface area contributed by atoms with E-state index >= 15 is 0 Å². The molecule has 2 atom stereocenters. The Kier molecular flexibility index (Phi) is 6.49. The van der Waals surface area contributed by atoms with E-state index in [2.05, 4.69) is 21.2 Å². The van der Waals surface area contributed by atoms with E-state index < -0.39 is 12.1 Å². The molecule has 184 valence electrons. The monoisotopic (exact) mass is 469 g/mol. The number of carboxylic acid groups (broad SMARTS) is 1. The summed E-state index contributed by atoms with van der Waals surface area (Å²) in [5.74, 6) is 0.839. The van der Waals surface area contributed by atoms with Gasteiger partial charge in [0.1, 0.15) is 5.82 Å². The molecule has 10 heteroatoms. The third kappa shape index (κ3) is 4.77. The van der Waals surface area contributed by atoms with Crippen molar-refractivity contribution < 1.29 is 14.6 Å². The lowest BCUT2D eigenvalue weighted by Gasteiger charge is -2.44. The number of likely N-dealkylation sites (tertiary alicyclic amines) is 1. The lowest BCUT2D eigenvalue weighted by atomic mass is 10.0. The molecule has 4 aliphatic rings. The van der Waals surface area contributed by atoms with Gasteiger partial charge in [-0.1, -0.05) is 0 Å². The van der Waals surface area contributed by atoms with E-state index in [1.807, 2.05) is 6.92 Å². The Morgan fingerprint density at radius 3 is 2.79 bits per heavy atom. The zero-order valence-electron chi connectivity index (χ0n) is 20.0. The number of nitrogens with zero attached hydrogens (tertiary/aromatic N) is 6. The predicted octanol–water partition coefficient (Wildman–Crippen LogP) is 1.85. The van der Waals surface area contributed by atoms with Crippen LogP contribution in [-0.2, 0) is 13.0 Å². The van der Waals surface area contributed by atoms with Crippen molar-refractivity contribution in [1.29, 1.82) is 5.26 Å². The summed E-state index contributed by atoms with van der Waals surface area (Å²) < 4.78 is 6.24. The first-order valence-electron chi connectivity index (χ1n) is 12.6. The molecule has 1 saturated carbocycles. The smallest absolute Gasteiger partial charge is 0.407 e. The number of amides is 1. The number of piperazine rings is 1. The number of carbonyl (C=O) groups is 1. The summed E-state index contributed by atoms with van der Waals surface area (Å²) in [4.78, 5) is 27.6. The molecular weight excluding hydrogens is 434 g/mol. The van der Waals surface area contributed by atoms with Gasteiger partial charge >= 0.3 is 12.1 Å². The molecule has 34 heavy (non-hydrogen) atoms. The van der Waals surface area contributed by atoms with Crippen LogP contribution in [0.5, 0.6) is 6.01 Å². The van der Waals surface area contributed by atoms with Crippen LogP contribution in [0.15, 0.2) is 0 Å². The predicted molar refractivity (Wildman–Crippen MR) is 126 cm³/mol. The molecule has 0 aromatic carbocycles. The summed E-state index contributed by atoms with van der Waals surface area (Å²) in [6, 6.07) is 1.94. The van der Waals surface area contributed by atoms with E-state index in [1.165, 1.54) is 43.7 Å². The largest absolute Gasteiger partial charge is 0.465 e. The molecule has 2 saturated heterocycles. The first-order valence-corrected chi connectivity index (χ1v) is 12.6. The summed E-state index contributed by atoms with van der Waals surface area (Å²) in [6.07, 6.45) is 4.97. The fourth-order valence-electron chi connectivity index (χ4n) is 5.77. The summed E-state index contributed by atoms with van der Waals surface area (Å²) in [6.45, 7) is 8.51. The summed E-state index contributed by atoms with van der Waals surface area (Å²) in [5, 5.41) is 22.4. The lowest BCUT2D eigenvalue weighted by Crippen LogP contribution is -2.59. The topological polar surface area (TPSA) is 118 Å². The minimum Gasteiger partial charge on any atom is -0.465 e. The number of ether oxygens (including phenoxy) is 1. The Morgan fingerprint density at radius 2 is 2.09 bits per heavy atom. The molecule has 1 aliphatic carbocycles. The van der Waals surface area contributed by atoms with E-state index in [0.29, 0.717) is 32.3 Å². The fourth-order valence-corrected chi connectivity index (χ4v) is 5.77. The first kappa shape index (κ1) is 23.1. The normalized spacial score (nSPS) is 26.1. The summed E-state index contributed by atoms with van der Waals surface area (Å²) >= 11 is 0. The highest BCUT2D eigenvalue weighted by Crippen LogP contribution is 2.47. The highest BCUT2D eigenvalue weighted by molar-refractivity contribution is 5.67. The van der Waals surface area contributed by atoms with Crippen molar-refractivity contribution in [2.45, 2.75) is 64.1 Å². The van der Waals surface area contributed by atoms with E-state index in [9.17, 15) is 15.2 Å². The van der Waals surface area contributed by atoms with Gasteiger partial charge in [0.05, 0.1) is 36.9 Å². The lowest BCUT2D eigenvalue weighted by molar-refractivity contribution is 0.0937. The molecule has 3 aliphatic heterocycles. The Bertz CT molecular complexity index is 955. The second-order valence-electron chi connectivity index (χ2n) is 10.4. The number of hydrogen-bond acceptors (Lipinski definition) is 8. The quantitative estimate of drug-likeness (QED) is 0.617. The molecule has 5 rings (SSSR count). The average Bonchev–Trinajstić information content (AvgIpc) is 3.39. The van der Waals surface area contributed by atoms with Gasteiger partial charge in [-0.05, 0) is 58.7 Å². The molecule has 3 fully saturated rings. The van der Waals surface area contributed by atoms with Crippen molar-refractivity contribution >= 4 is 11.9 Å². The van der Waals surface area contributed by atoms with Gasteiger partial charge in [-0.2, -0.15) is 15.2 Å². The Balaban J connectivity index is 1.36. The maximum atomic E-state index is 11.8. The SMILES string of the molecule is C[C@@H]1CN(c2nc(OCC3(CN4CCCC4)CC3)nc3c2CCNC3)C[C@H](CC#N)N1C(=O)O. The maximum Gasteiger partial charge on any atom is 0.407 e. The molecule has 0 spiro atoms. The third-order valence-corrected chi connectivity index (χ3v) is 7.75. The summed E-state index contributed by atoms with van der Waals surface area (Å²) in [5.41, 5.74) is 2.29. The van der Waals surface area contributed by atoms with Crippen LogP contribution in [0.1, 0.15) is 50.3 Å². The van der Waals surface area contributed by atoms with Crippen molar-refractivity contribution in [3.05, 3.63) is 11.3 Å². The number of hydrogen-bond donors (Lipinski definition) is 2. The highest BCUT2D eigenvalue weighted by atomic mass is 16.5.